The maximum atomic E-state index is 13.9. The Morgan fingerprint density at radius 1 is 1.26 bits per heavy atom. The molecule has 0 radical (unpaired) electrons. The summed E-state index contributed by atoms with van der Waals surface area (Å²) in [5, 5.41) is 11.2. The first-order chi connectivity index (χ1) is 11.2. The second-order valence-electron chi connectivity index (χ2n) is 6.08. The zero-order valence-electron chi connectivity index (χ0n) is 12.4. The Kier molecular flexibility index (Phi) is 3.75. The third-order valence-electron chi connectivity index (χ3n) is 4.40. The molecule has 4 nitrogen and oxygen atoms in total. The maximum Gasteiger partial charge on any atom is 0.129 e. The second kappa shape index (κ2) is 5.78. The van der Waals surface area contributed by atoms with Crippen LogP contribution in [-0.2, 0) is 6.61 Å². The molecule has 0 unspecified atom stereocenters. The minimum absolute atomic E-state index is 0.293. The maximum absolute atomic E-state index is 13.9. The van der Waals surface area contributed by atoms with E-state index in [-0.39, 0.29) is 12.4 Å². The molecule has 0 atom stereocenters. The molecule has 2 aromatic carbocycles. The number of aliphatic hydroxyl groups excluding tert-OH is 1. The summed E-state index contributed by atoms with van der Waals surface area (Å²) in [6.45, 7) is 0.699. The highest BCUT2D eigenvalue weighted by Gasteiger charge is 2.29. The third-order valence-corrected chi connectivity index (χ3v) is 5.22. The van der Waals surface area contributed by atoms with Gasteiger partial charge in [0, 0.05) is 12.1 Å². The van der Waals surface area contributed by atoms with Crippen LogP contribution in [0.15, 0.2) is 34.8 Å². The number of hydrogen-bond acceptors (Lipinski definition) is 4. The van der Waals surface area contributed by atoms with Crippen LogP contribution >= 0.6 is 15.9 Å². The van der Waals surface area contributed by atoms with Crippen molar-refractivity contribution in [2.75, 3.05) is 17.0 Å². The molecule has 6 heteroatoms. The average molecular weight is 378 g/mol. The fraction of sp³-hybridized carbons (Fsp3) is 0.294. The lowest BCUT2D eigenvalue weighted by Gasteiger charge is -2.17. The lowest BCUT2D eigenvalue weighted by Crippen LogP contribution is -2.37. The number of halogens is 2. The molecule has 1 fully saturated rings. The number of nitrogens with zero attached hydrogens (tertiary/aromatic N) is 1. The molecule has 120 valence electrons. The number of nitrogens with one attached hydrogen (secondary N) is 2. The van der Waals surface area contributed by atoms with Crippen molar-refractivity contribution >= 4 is 27.3 Å². The van der Waals surface area contributed by atoms with E-state index in [4.69, 9.17) is 5.11 Å². The molecule has 0 bridgehead atoms. The van der Waals surface area contributed by atoms with Crippen molar-refractivity contribution in [3.8, 4) is 11.1 Å². The Morgan fingerprint density at radius 3 is 2.78 bits per heavy atom. The molecule has 2 aliphatic rings. The Hall–Kier alpha value is -1.63. The van der Waals surface area contributed by atoms with Gasteiger partial charge in [0.05, 0.1) is 22.5 Å². The van der Waals surface area contributed by atoms with Gasteiger partial charge >= 0.3 is 0 Å². The molecular weight excluding hydrogens is 361 g/mol. The molecule has 0 saturated heterocycles. The van der Waals surface area contributed by atoms with Crippen LogP contribution < -0.4 is 16.0 Å². The zero-order chi connectivity index (χ0) is 16.0. The van der Waals surface area contributed by atoms with E-state index in [0.717, 1.165) is 39.4 Å². The molecule has 1 aliphatic heterocycles. The van der Waals surface area contributed by atoms with Gasteiger partial charge in [0.2, 0.25) is 0 Å². The largest absolute Gasteiger partial charge is 0.392 e. The highest BCUT2D eigenvalue weighted by atomic mass is 79.9. The van der Waals surface area contributed by atoms with Gasteiger partial charge in [0.1, 0.15) is 5.82 Å². The van der Waals surface area contributed by atoms with Crippen molar-refractivity contribution < 1.29 is 9.50 Å². The average Bonchev–Trinajstić information content (AvgIpc) is 3.27. The molecule has 4 rings (SSSR count). The van der Waals surface area contributed by atoms with E-state index in [9.17, 15) is 4.39 Å². The molecule has 0 aromatic heterocycles. The first kappa shape index (κ1) is 14.9. The van der Waals surface area contributed by atoms with Gasteiger partial charge in [-0.1, -0.05) is 18.2 Å². The van der Waals surface area contributed by atoms with Gasteiger partial charge in [-0.05, 0) is 57.9 Å². The summed E-state index contributed by atoms with van der Waals surface area (Å²) in [6, 6.07) is 8.94. The van der Waals surface area contributed by atoms with Crippen LogP contribution in [0.25, 0.3) is 11.1 Å². The van der Waals surface area contributed by atoms with Gasteiger partial charge in [0.25, 0.3) is 0 Å². The first-order valence-electron chi connectivity index (χ1n) is 7.68. The van der Waals surface area contributed by atoms with Crippen molar-refractivity contribution in [2.24, 2.45) is 5.92 Å². The Bertz CT molecular complexity index is 764. The van der Waals surface area contributed by atoms with E-state index in [2.05, 4.69) is 31.9 Å². The summed E-state index contributed by atoms with van der Waals surface area (Å²) in [6.07, 6.45) is 2.59. The van der Waals surface area contributed by atoms with Gasteiger partial charge in [-0.2, -0.15) is 0 Å². The van der Waals surface area contributed by atoms with Crippen LogP contribution in [0, 0.1) is 11.7 Å². The van der Waals surface area contributed by atoms with E-state index in [1.165, 1.54) is 18.9 Å². The standard InChI is InChI=1S/C17H17BrFN3O/c18-16-13(11-3-4-12(9-23)14(19)7-11)5-6-15-17(16)20-21-22(15)8-10-1-2-10/h3-7,10,20-21,23H,1-2,8-9H2. The van der Waals surface area contributed by atoms with Crippen molar-refractivity contribution in [3.05, 3.63) is 46.2 Å². The number of benzene rings is 2. The Morgan fingerprint density at radius 2 is 2.09 bits per heavy atom. The third kappa shape index (κ3) is 2.71. The van der Waals surface area contributed by atoms with Crippen molar-refractivity contribution in [2.45, 2.75) is 19.4 Å². The summed E-state index contributed by atoms with van der Waals surface area (Å²) < 4.78 is 14.8. The fourth-order valence-electron chi connectivity index (χ4n) is 2.86. The van der Waals surface area contributed by atoms with Gasteiger partial charge < -0.3 is 10.5 Å². The summed E-state index contributed by atoms with van der Waals surface area (Å²) >= 11 is 3.64. The van der Waals surface area contributed by atoms with E-state index in [0.29, 0.717) is 5.56 Å². The smallest absolute Gasteiger partial charge is 0.129 e. The molecule has 1 saturated carbocycles. The SMILES string of the molecule is OCc1ccc(-c2ccc3c(c2Br)NNN3CC2CC2)cc1F. The molecule has 1 heterocycles. The molecule has 23 heavy (non-hydrogen) atoms. The molecular formula is C17H17BrFN3O. The van der Waals surface area contributed by atoms with Crippen LogP contribution in [0.1, 0.15) is 18.4 Å². The number of anilines is 2. The van der Waals surface area contributed by atoms with Crippen molar-refractivity contribution in [3.63, 3.8) is 0 Å². The fourth-order valence-corrected chi connectivity index (χ4v) is 3.53. The summed E-state index contributed by atoms with van der Waals surface area (Å²) in [5.74, 6) is 0.382. The quantitative estimate of drug-likeness (QED) is 0.758. The Balaban J connectivity index is 1.69. The molecule has 1 aliphatic carbocycles. The Labute approximate surface area is 142 Å². The normalized spacial score (nSPS) is 16.4. The monoisotopic (exact) mass is 377 g/mol. The van der Waals surface area contributed by atoms with Gasteiger partial charge in [-0.3, -0.25) is 5.01 Å². The molecule has 0 amide bonds. The summed E-state index contributed by atoms with van der Waals surface area (Å²) in [7, 11) is 0. The molecule has 3 N–H and O–H groups in total. The summed E-state index contributed by atoms with van der Waals surface area (Å²) in [4.78, 5) is 0. The van der Waals surface area contributed by atoms with Gasteiger partial charge in [-0.15, -0.1) is 5.53 Å². The molecule has 0 spiro atoms. The number of rotatable bonds is 4. The van der Waals surface area contributed by atoms with Crippen LogP contribution in [0.5, 0.6) is 0 Å². The molecule has 2 aromatic rings. The minimum atomic E-state index is -0.390. The van der Waals surface area contributed by atoms with Gasteiger partial charge in [0.15, 0.2) is 0 Å². The lowest BCUT2D eigenvalue weighted by molar-refractivity contribution is 0.276. The highest BCUT2D eigenvalue weighted by molar-refractivity contribution is 9.10. The van der Waals surface area contributed by atoms with E-state index < -0.39 is 0 Å². The number of aliphatic hydroxyl groups is 1. The zero-order valence-corrected chi connectivity index (χ0v) is 14.0. The van der Waals surface area contributed by atoms with E-state index in [1.54, 1.807) is 6.07 Å². The topological polar surface area (TPSA) is 47.5 Å². The van der Waals surface area contributed by atoms with Crippen LogP contribution in [-0.4, -0.2) is 11.7 Å². The van der Waals surface area contributed by atoms with Crippen molar-refractivity contribution in [1.82, 2.24) is 5.53 Å². The van der Waals surface area contributed by atoms with Crippen LogP contribution in [0.3, 0.4) is 0 Å². The van der Waals surface area contributed by atoms with E-state index in [1.807, 2.05) is 18.2 Å². The van der Waals surface area contributed by atoms with Crippen molar-refractivity contribution in [1.29, 1.82) is 0 Å². The highest BCUT2D eigenvalue weighted by Crippen LogP contribution is 2.43. The predicted molar refractivity (Wildman–Crippen MR) is 92.3 cm³/mol. The van der Waals surface area contributed by atoms with E-state index >= 15 is 0 Å². The minimum Gasteiger partial charge on any atom is -0.392 e. The number of hydrogen-bond donors (Lipinski definition) is 3. The van der Waals surface area contributed by atoms with Crippen LogP contribution in [0.2, 0.25) is 0 Å². The lowest BCUT2D eigenvalue weighted by atomic mass is 10.0. The number of fused-ring (bicyclic) bond motifs is 1. The predicted octanol–water partition coefficient (Wildman–Crippen LogP) is 3.81. The first-order valence-corrected chi connectivity index (χ1v) is 8.48. The second-order valence-corrected chi connectivity index (χ2v) is 6.87. The summed E-state index contributed by atoms with van der Waals surface area (Å²) in [5.41, 5.74) is 10.4. The van der Waals surface area contributed by atoms with Crippen LogP contribution in [0.4, 0.5) is 15.8 Å². The van der Waals surface area contributed by atoms with Gasteiger partial charge in [-0.25, -0.2) is 4.39 Å². The number of hydrazine groups is 2.